The van der Waals surface area contributed by atoms with Crippen molar-refractivity contribution in [3.63, 3.8) is 0 Å². The second kappa shape index (κ2) is 7.99. The minimum Gasteiger partial charge on any atom is -0.378 e. The molecule has 24 heavy (non-hydrogen) atoms. The normalized spacial score (nSPS) is 24.7. The van der Waals surface area contributed by atoms with E-state index < -0.39 is 0 Å². The van der Waals surface area contributed by atoms with Crippen LogP contribution in [0.25, 0.3) is 0 Å². The van der Waals surface area contributed by atoms with Gasteiger partial charge in [0.15, 0.2) is 0 Å². The predicted octanol–water partition coefficient (Wildman–Crippen LogP) is 2.00. The average molecular weight is 331 g/mol. The molecule has 0 radical (unpaired) electrons. The van der Waals surface area contributed by atoms with Crippen molar-refractivity contribution in [2.24, 2.45) is 11.7 Å². The van der Waals surface area contributed by atoms with E-state index in [1.165, 1.54) is 11.3 Å². The summed E-state index contributed by atoms with van der Waals surface area (Å²) in [4.78, 5) is 16.8. The van der Waals surface area contributed by atoms with Gasteiger partial charge in [-0.2, -0.15) is 0 Å². The Morgan fingerprint density at radius 1 is 1.25 bits per heavy atom. The maximum absolute atomic E-state index is 12.6. The van der Waals surface area contributed by atoms with Crippen LogP contribution in [0.5, 0.6) is 0 Å². The molecule has 3 rings (SSSR count). The zero-order valence-electron chi connectivity index (χ0n) is 14.6. The van der Waals surface area contributed by atoms with Gasteiger partial charge in [-0.3, -0.25) is 4.79 Å². The van der Waals surface area contributed by atoms with Crippen LogP contribution in [0, 0.1) is 5.92 Å². The maximum Gasteiger partial charge on any atom is 0.225 e. The largest absolute Gasteiger partial charge is 0.378 e. The molecule has 1 saturated carbocycles. The minimum absolute atomic E-state index is 0.103. The number of morpholine rings is 1. The van der Waals surface area contributed by atoms with Crippen LogP contribution in [0.4, 0.5) is 5.69 Å². The molecule has 2 atom stereocenters. The summed E-state index contributed by atoms with van der Waals surface area (Å²) >= 11 is 0. The van der Waals surface area contributed by atoms with Crippen LogP contribution in [0.2, 0.25) is 0 Å². The van der Waals surface area contributed by atoms with Gasteiger partial charge in [0, 0.05) is 44.3 Å². The lowest BCUT2D eigenvalue weighted by Gasteiger charge is -2.30. The van der Waals surface area contributed by atoms with E-state index in [0.717, 1.165) is 52.0 Å². The molecule has 2 N–H and O–H groups in total. The molecule has 2 fully saturated rings. The molecule has 1 heterocycles. The van der Waals surface area contributed by atoms with Gasteiger partial charge in [-0.25, -0.2) is 0 Å². The fourth-order valence-corrected chi connectivity index (χ4v) is 3.75. The fourth-order valence-electron chi connectivity index (χ4n) is 3.75. The predicted molar refractivity (Wildman–Crippen MR) is 95.9 cm³/mol. The van der Waals surface area contributed by atoms with Gasteiger partial charge in [0.2, 0.25) is 5.91 Å². The van der Waals surface area contributed by atoms with Gasteiger partial charge >= 0.3 is 0 Å². The highest BCUT2D eigenvalue weighted by molar-refractivity contribution is 5.78. The molecule has 1 saturated heterocycles. The summed E-state index contributed by atoms with van der Waals surface area (Å²) in [6, 6.07) is 8.74. The smallest absolute Gasteiger partial charge is 0.225 e. The number of carbonyl (C=O) groups excluding carboxylic acids is 1. The second-order valence-corrected chi connectivity index (χ2v) is 7.08. The summed E-state index contributed by atoms with van der Waals surface area (Å²) in [5.74, 6) is 0.341. The molecular formula is C19H29N3O2. The van der Waals surface area contributed by atoms with Gasteiger partial charge in [-0.05, 0) is 37.0 Å². The Morgan fingerprint density at radius 2 is 1.96 bits per heavy atom. The third-order valence-electron chi connectivity index (χ3n) is 5.17. The number of rotatable bonds is 4. The summed E-state index contributed by atoms with van der Waals surface area (Å²) in [6.07, 6.45) is 3.93. The Hall–Kier alpha value is -1.59. The third-order valence-corrected chi connectivity index (χ3v) is 5.17. The lowest BCUT2D eigenvalue weighted by atomic mass is 9.85. The first-order valence-electron chi connectivity index (χ1n) is 9.05. The maximum atomic E-state index is 12.6. The van der Waals surface area contributed by atoms with Crippen molar-refractivity contribution in [1.29, 1.82) is 0 Å². The van der Waals surface area contributed by atoms with E-state index in [4.69, 9.17) is 10.5 Å². The standard InChI is InChI=1S/C19H29N3O2/c1-21(19(23)16-3-2-4-17(20)13-16)14-15-5-7-18(8-6-15)22-9-11-24-12-10-22/h5-8,16-17H,2-4,9-14,20H2,1H3/t16-,17+/m1/s1. The van der Waals surface area contributed by atoms with Crippen molar-refractivity contribution in [3.05, 3.63) is 29.8 Å². The Balaban J connectivity index is 1.55. The molecule has 1 amide bonds. The van der Waals surface area contributed by atoms with Crippen molar-refractivity contribution in [3.8, 4) is 0 Å². The SMILES string of the molecule is CN(Cc1ccc(N2CCOCC2)cc1)C(=O)[C@@H]1CCC[C@H](N)C1. The molecule has 0 aromatic heterocycles. The van der Waals surface area contributed by atoms with E-state index in [1.54, 1.807) is 0 Å². The van der Waals surface area contributed by atoms with Crippen LogP contribution >= 0.6 is 0 Å². The minimum atomic E-state index is 0.103. The van der Waals surface area contributed by atoms with Crippen molar-refractivity contribution in [2.45, 2.75) is 38.3 Å². The van der Waals surface area contributed by atoms with E-state index in [-0.39, 0.29) is 17.9 Å². The van der Waals surface area contributed by atoms with Crippen molar-refractivity contribution < 1.29 is 9.53 Å². The number of carbonyl (C=O) groups is 1. The number of ether oxygens (including phenoxy) is 1. The first-order valence-corrected chi connectivity index (χ1v) is 9.05. The summed E-state index contributed by atoms with van der Waals surface area (Å²) in [7, 11) is 1.90. The van der Waals surface area contributed by atoms with Crippen molar-refractivity contribution >= 4 is 11.6 Å². The van der Waals surface area contributed by atoms with E-state index in [0.29, 0.717) is 6.54 Å². The monoisotopic (exact) mass is 331 g/mol. The highest BCUT2D eigenvalue weighted by Crippen LogP contribution is 2.25. The van der Waals surface area contributed by atoms with Crippen LogP contribution < -0.4 is 10.6 Å². The van der Waals surface area contributed by atoms with Crippen LogP contribution in [-0.4, -0.2) is 50.2 Å². The highest BCUT2D eigenvalue weighted by Gasteiger charge is 2.27. The molecule has 0 bridgehead atoms. The quantitative estimate of drug-likeness (QED) is 0.917. The number of nitrogens with two attached hydrogens (primary N) is 1. The second-order valence-electron chi connectivity index (χ2n) is 7.08. The molecule has 2 aliphatic rings. The van der Waals surface area contributed by atoms with Gasteiger partial charge < -0.3 is 20.3 Å². The highest BCUT2D eigenvalue weighted by atomic mass is 16.5. The zero-order chi connectivity index (χ0) is 16.9. The average Bonchev–Trinajstić information content (AvgIpc) is 2.62. The van der Waals surface area contributed by atoms with Crippen LogP contribution in [0.1, 0.15) is 31.2 Å². The third kappa shape index (κ3) is 4.28. The van der Waals surface area contributed by atoms with Crippen LogP contribution in [0.3, 0.4) is 0 Å². The lowest BCUT2D eigenvalue weighted by Crippen LogP contribution is -2.38. The van der Waals surface area contributed by atoms with Gasteiger partial charge in [0.1, 0.15) is 0 Å². The number of nitrogens with zero attached hydrogens (tertiary/aromatic N) is 2. The number of benzene rings is 1. The van der Waals surface area contributed by atoms with Crippen LogP contribution in [-0.2, 0) is 16.1 Å². The van der Waals surface area contributed by atoms with E-state index >= 15 is 0 Å². The Labute approximate surface area is 144 Å². The molecule has 1 aliphatic heterocycles. The van der Waals surface area contributed by atoms with Gasteiger partial charge in [-0.1, -0.05) is 18.6 Å². The first-order chi connectivity index (χ1) is 11.6. The molecule has 5 nitrogen and oxygen atoms in total. The molecule has 0 spiro atoms. The molecule has 5 heteroatoms. The summed E-state index contributed by atoms with van der Waals surface area (Å²) in [5, 5.41) is 0. The Bertz CT molecular complexity index is 540. The topological polar surface area (TPSA) is 58.8 Å². The number of hydrogen-bond donors (Lipinski definition) is 1. The summed E-state index contributed by atoms with van der Waals surface area (Å²) in [6.45, 7) is 4.14. The molecular weight excluding hydrogens is 302 g/mol. The van der Waals surface area contributed by atoms with E-state index in [2.05, 4.69) is 29.2 Å². The van der Waals surface area contributed by atoms with Gasteiger partial charge in [0.25, 0.3) is 0 Å². The Morgan fingerprint density at radius 3 is 2.62 bits per heavy atom. The summed E-state index contributed by atoms with van der Waals surface area (Å²) < 4.78 is 5.39. The first kappa shape index (κ1) is 17.2. The molecule has 0 unspecified atom stereocenters. The van der Waals surface area contributed by atoms with E-state index in [1.807, 2.05) is 11.9 Å². The Kier molecular flexibility index (Phi) is 5.74. The van der Waals surface area contributed by atoms with E-state index in [9.17, 15) is 4.79 Å². The number of anilines is 1. The van der Waals surface area contributed by atoms with Crippen molar-refractivity contribution in [2.75, 3.05) is 38.3 Å². The molecule has 1 aliphatic carbocycles. The number of amides is 1. The number of hydrogen-bond acceptors (Lipinski definition) is 4. The van der Waals surface area contributed by atoms with Crippen molar-refractivity contribution in [1.82, 2.24) is 4.90 Å². The summed E-state index contributed by atoms with van der Waals surface area (Å²) in [5.41, 5.74) is 8.42. The molecule has 1 aromatic carbocycles. The van der Waals surface area contributed by atoms with Crippen LogP contribution in [0.15, 0.2) is 24.3 Å². The van der Waals surface area contributed by atoms with Gasteiger partial charge in [0.05, 0.1) is 13.2 Å². The molecule has 132 valence electrons. The zero-order valence-corrected chi connectivity index (χ0v) is 14.6. The lowest BCUT2D eigenvalue weighted by molar-refractivity contribution is -0.135. The fraction of sp³-hybridized carbons (Fsp3) is 0.632. The van der Waals surface area contributed by atoms with Gasteiger partial charge in [-0.15, -0.1) is 0 Å². The molecule has 1 aromatic rings.